The van der Waals surface area contributed by atoms with Gasteiger partial charge in [0.1, 0.15) is 26.4 Å². The average molecular weight is 565 g/mol. The van der Waals surface area contributed by atoms with Gasteiger partial charge in [-0.15, -0.1) is 0 Å². The topological polar surface area (TPSA) is 175 Å². The van der Waals surface area contributed by atoms with Gasteiger partial charge in [0.25, 0.3) is 0 Å². The van der Waals surface area contributed by atoms with Crippen LogP contribution in [0.1, 0.15) is 0 Å². The van der Waals surface area contributed by atoms with Gasteiger partial charge in [-0.05, 0) is 0 Å². The summed E-state index contributed by atoms with van der Waals surface area (Å²) in [6.45, 7) is 10.5. The molecular weight excluding hydrogens is 524 g/mol. The maximum atomic E-state index is 11.4. The van der Waals surface area contributed by atoms with Crippen LogP contribution in [0, 0.1) is 0 Å². The van der Waals surface area contributed by atoms with Crippen LogP contribution in [0.5, 0.6) is 0 Å². The van der Waals surface area contributed by atoms with Crippen molar-refractivity contribution >= 4 is 24.1 Å². The molecule has 0 unspecified atom stereocenters. The number of esters is 2. The normalized spacial score (nSPS) is 10.3. The van der Waals surface area contributed by atoms with Crippen molar-refractivity contribution in [3.63, 3.8) is 0 Å². The molecule has 0 saturated heterocycles. The predicted molar refractivity (Wildman–Crippen MR) is 135 cm³/mol. The van der Waals surface area contributed by atoms with Gasteiger partial charge in [-0.1, -0.05) is 13.2 Å². The predicted octanol–water partition coefficient (Wildman–Crippen LogP) is -0.0198. The molecule has 0 aliphatic carbocycles. The number of carbonyl (C=O) groups is 4. The molecule has 0 aromatic rings. The Kier molecular flexibility index (Phi) is 25.5. The third kappa shape index (κ3) is 27.6. The summed E-state index contributed by atoms with van der Waals surface area (Å²) in [5.74, 6) is -1.12. The van der Waals surface area contributed by atoms with Gasteiger partial charge in [-0.25, -0.2) is 19.2 Å². The van der Waals surface area contributed by atoms with Gasteiger partial charge < -0.3 is 53.3 Å². The van der Waals surface area contributed by atoms with Crippen molar-refractivity contribution in [2.45, 2.75) is 0 Å². The van der Waals surface area contributed by atoms with Gasteiger partial charge in [-0.2, -0.15) is 0 Å². The first-order valence-electron chi connectivity index (χ1n) is 12.3. The summed E-state index contributed by atoms with van der Waals surface area (Å²) in [6.07, 6.45) is 0.810. The van der Waals surface area contributed by atoms with E-state index in [-0.39, 0.29) is 52.7 Å². The minimum atomic E-state index is -0.631. The molecule has 0 aromatic carbocycles. The standard InChI is InChI=1S/C24H40N2O13/c1-3-21(27)36-7-5-25-23(29)38-19-17-34-15-13-32-11-9-31-10-12-33-14-16-35-18-20-39-24(30)26-6-8-37-22(28)4-2/h3-4H,1-2,5-20H2,(H,25,29)(H,26,30). The van der Waals surface area contributed by atoms with E-state index in [1.54, 1.807) is 0 Å². The summed E-state index contributed by atoms with van der Waals surface area (Å²) < 4.78 is 45.8. The molecule has 0 aromatic heterocycles. The first-order chi connectivity index (χ1) is 19.0. The van der Waals surface area contributed by atoms with Crippen LogP contribution < -0.4 is 10.6 Å². The van der Waals surface area contributed by atoms with Gasteiger partial charge in [0, 0.05) is 12.2 Å². The molecule has 2 amide bonds. The summed E-state index contributed by atoms with van der Waals surface area (Å²) >= 11 is 0. The lowest BCUT2D eigenvalue weighted by molar-refractivity contribution is -0.138. The maximum Gasteiger partial charge on any atom is 0.407 e. The molecule has 15 heteroatoms. The highest BCUT2D eigenvalue weighted by atomic mass is 16.6. The second kappa shape index (κ2) is 27.8. The first-order valence-corrected chi connectivity index (χ1v) is 12.3. The molecule has 0 radical (unpaired) electrons. The van der Waals surface area contributed by atoms with Crippen LogP contribution in [0.25, 0.3) is 0 Å². The number of hydrogen-bond acceptors (Lipinski definition) is 13. The quantitative estimate of drug-likeness (QED) is 0.0621. The summed E-state index contributed by atoms with van der Waals surface area (Å²) in [5, 5.41) is 4.84. The van der Waals surface area contributed by atoms with Gasteiger partial charge in [0.05, 0.1) is 79.2 Å². The van der Waals surface area contributed by atoms with E-state index in [1.807, 2.05) is 0 Å². The van der Waals surface area contributed by atoms with Crippen molar-refractivity contribution in [1.29, 1.82) is 0 Å². The summed E-state index contributed by atoms with van der Waals surface area (Å²) in [6, 6.07) is 0. The second-order valence-electron chi connectivity index (χ2n) is 6.93. The molecule has 2 N–H and O–H groups in total. The molecule has 0 atom stereocenters. The zero-order valence-electron chi connectivity index (χ0n) is 22.2. The number of hydrogen-bond donors (Lipinski definition) is 2. The second-order valence-corrected chi connectivity index (χ2v) is 6.93. The van der Waals surface area contributed by atoms with Crippen molar-refractivity contribution in [2.24, 2.45) is 0 Å². The van der Waals surface area contributed by atoms with E-state index in [9.17, 15) is 19.2 Å². The lowest BCUT2D eigenvalue weighted by Gasteiger charge is -2.09. The molecule has 0 bridgehead atoms. The number of rotatable bonds is 26. The van der Waals surface area contributed by atoms with Gasteiger partial charge in [0.2, 0.25) is 0 Å². The fourth-order valence-corrected chi connectivity index (χ4v) is 2.20. The number of amides is 2. The molecule has 0 heterocycles. The van der Waals surface area contributed by atoms with Crippen LogP contribution >= 0.6 is 0 Å². The lowest BCUT2D eigenvalue weighted by atomic mass is 10.6. The highest BCUT2D eigenvalue weighted by Gasteiger charge is 2.03. The van der Waals surface area contributed by atoms with Crippen LogP contribution in [0.4, 0.5) is 9.59 Å². The largest absolute Gasteiger partial charge is 0.461 e. The SMILES string of the molecule is C=CC(=O)OCCNC(=O)OCCOCCOCCOCCOCCOCCOC(=O)NCCOC(=O)C=C. The molecule has 39 heavy (non-hydrogen) atoms. The fraction of sp³-hybridized carbons (Fsp3) is 0.667. The molecule has 15 nitrogen and oxygen atoms in total. The van der Waals surface area contributed by atoms with Crippen LogP contribution in [-0.2, 0) is 52.2 Å². The van der Waals surface area contributed by atoms with Crippen molar-refractivity contribution in [2.75, 3.05) is 106 Å². The number of ether oxygens (including phenoxy) is 9. The maximum absolute atomic E-state index is 11.4. The zero-order valence-corrected chi connectivity index (χ0v) is 22.2. The number of carbonyl (C=O) groups excluding carboxylic acids is 4. The monoisotopic (exact) mass is 564 g/mol. The third-order valence-corrected chi connectivity index (χ3v) is 3.97. The Hall–Kier alpha value is -3.24. The van der Waals surface area contributed by atoms with E-state index in [0.717, 1.165) is 12.2 Å². The zero-order chi connectivity index (χ0) is 28.8. The van der Waals surface area contributed by atoms with E-state index in [0.29, 0.717) is 52.9 Å². The Balaban J connectivity index is 3.23. The fourth-order valence-electron chi connectivity index (χ4n) is 2.20. The highest BCUT2D eigenvalue weighted by Crippen LogP contribution is 1.87. The van der Waals surface area contributed by atoms with E-state index in [4.69, 9.17) is 42.6 Å². The molecule has 0 saturated carbocycles. The van der Waals surface area contributed by atoms with Crippen molar-refractivity contribution < 1.29 is 61.8 Å². The van der Waals surface area contributed by atoms with Gasteiger partial charge in [-0.3, -0.25) is 0 Å². The third-order valence-electron chi connectivity index (χ3n) is 3.97. The Labute approximate surface area is 228 Å². The van der Waals surface area contributed by atoms with E-state index < -0.39 is 24.1 Å². The molecule has 0 aliphatic rings. The number of alkyl carbamates (subject to hydrolysis) is 2. The smallest absolute Gasteiger partial charge is 0.407 e. The first kappa shape index (κ1) is 35.8. The van der Waals surface area contributed by atoms with E-state index in [2.05, 4.69) is 23.8 Å². The van der Waals surface area contributed by atoms with Crippen LogP contribution in [0.15, 0.2) is 25.3 Å². The molecular formula is C24H40N2O13. The van der Waals surface area contributed by atoms with Crippen molar-refractivity contribution in [3.8, 4) is 0 Å². The Morgan fingerprint density at radius 1 is 0.436 bits per heavy atom. The van der Waals surface area contributed by atoms with Crippen LogP contribution in [-0.4, -0.2) is 130 Å². The summed E-state index contributed by atoms with van der Waals surface area (Å²) in [7, 11) is 0. The molecule has 0 rings (SSSR count). The average Bonchev–Trinajstić information content (AvgIpc) is 2.94. The van der Waals surface area contributed by atoms with Crippen molar-refractivity contribution in [1.82, 2.24) is 10.6 Å². The minimum absolute atomic E-state index is 0.0296. The molecule has 0 spiro atoms. The lowest BCUT2D eigenvalue weighted by Crippen LogP contribution is -2.29. The Morgan fingerprint density at radius 3 is 1.00 bits per heavy atom. The van der Waals surface area contributed by atoms with Crippen LogP contribution in [0.2, 0.25) is 0 Å². The Bertz CT molecular complexity index is 635. The molecule has 0 fully saturated rings. The summed E-state index contributed by atoms with van der Waals surface area (Å²) in [4.78, 5) is 44.4. The van der Waals surface area contributed by atoms with Crippen LogP contribution in [0.3, 0.4) is 0 Å². The van der Waals surface area contributed by atoms with Crippen molar-refractivity contribution in [3.05, 3.63) is 25.3 Å². The van der Waals surface area contributed by atoms with Gasteiger partial charge in [0.15, 0.2) is 0 Å². The minimum Gasteiger partial charge on any atom is -0.461 e. The summed E-state index contributed by atoms with van der Waals surface area (Å²) in [5.41, 5.74) is 0. The number of nitrogens with one attached hydrogen (secondary N) is 2. The van der Waals surface area contributed by atoms with Gasteiger partial charge >= 0.3 is 24.1 Å². The van der Waals surface area contributed by atoms with E-state index in [1.165, 1.54) is 0 Å². The molecule has 0 aliphatic heterocycles. The Morgan fingerprint density at radius 2 is 0.718 bits per heavy atom. The van der Waals surface area contributed by atoms with E-state index >= 15 is 0 Å². The highest BCUT2D eigenvalue weighted by molar-refractivity contribution is 5.81. The molecule has 224 valence electrons.